The number of nitrogens with zero attached hydrogens (tertiary/aromatic N) is 8. The van der Waals surface area contributed by atoms with Crippen molar-refractivity contribution >= 4 is 82.2 Å². The van der Waals surface area contributed by atoms with Crippen LogP contribution >= 0.6 is 18.7 Å². The van der Waals surface area contributed by atoms with Crippen molar-refractivity contribution in [3.05, 3.63) is 113 Å². The minimum atomic E-state index is -2.88. The average Bonchev–Trinajstić information content (AvgIpc) is 3.91. The van der Waals surface area contributed by atoms with Crippen LogP contribution < -0.4 is 35.8 Å². The second kappa shape index (κ2) is 19.2. The van der Waals surface area contributed by atoms with Crippen LogP contribution in [0.1, 0.15) is 46.4 Å². The van der Waals surface area contributed by atoms with Crippen LogP contribution in [0.5, 0.6) is 5.75 Å². The van der Waals surface area contributed by atoms with E-state index in [0.29, 0.717) is 39.6 Å². The van der Waals surface area contributed by atoms with Gasteiger partial charge in [-0.05, 0) is 80.6 Å². The number of aromatic nitrogens is 4. The summed E-state index contributed by atoms with van der Waals surface area (Å²) in [5, 5.41) is 14.1. The molecule has 366 valence electrons. The highest BCUT2D eigenvalue weighted by atomic mass is 35.5. The molecule has 1 unspecified atom stereocenters. The molecular weight excluding hydrogens is 948 g/mol. The molecule has 1 atom stereocenters. The lowest BCUT2D eigenvalue weighted by molar-refractivity contribution is -0.136. The SMILES string of the molecule is COc1cc(N2CCN(C3CCN(c4ccc5c(c4)C(=O)N(C4CCC(=O)NC4=O)C5=O)CC3)CC2)c(-c2cnn(C)c2)cc1Nc1ncc(Cl)c(Nc2ccc(-c3ccccc3F)cc2P(C)(C)=O)n1. The molecule has 6 heterocycles. The Bertz CT molecular complexity index is 3170. The van der Waals surface area contributed by atoms with Gasteiger partial charge >= 0.3 is 0 Å². The summed E-state index contributed by atoms with van der Waals surface area (Å²) in [7, 11) is 0.609. The summed E-state index contributed by atoms with van der Waals surface area (Å²) in [6.45, 7) is 8.11. The molecule has 0 aliphatic carbocycles. The first-order chi connectivity index (χ1) is 34.1. The van der Waals surface area contributed by atoms with E-state index in [0.717, 1.165) is 79.5 Å². The highest BCUT2D eigenvalue weighted by Crippen LogP contribution is 2.43. The molecule has 0 saturated carbocycles. The number of benzene rings is 4. The van der Waals surface area contributed by atoms with Crippen LogP contribution in [0, 0.1) is 5.82 Å². The Hall–Kier alpha value is -7.14. The van der Waals surface area contributed by atoms with Crippen LogP contribution in [0.15, 0.2) is 91.4 Å². The van der Waals surface area contributed by atoms with Gasteiger partial charge in [0, 0.05) is 104 Å². The van der Waals surface area contributed by atoms with Gasteiger partial charge < -0.3 is 29.7 Å². The Morgan fingerprint density at radius 1 is 0.789 bits per heavy atom. The van der Waals surface area contributed by atoms with Crippen LogP contribution in [0.2, 0.25) is 5.02 Å². The van der Waals surface area contributed by atoms with Gasteiger partial charge in [-0.3, -0.25) is 39.0 Å². The van der Waals surface area contributed by atoms with Crippen molar-refractivity contribution in [1.82, 2.24) is 34.9 Å². The maximum Gasteiger partial charge on any atom is 0.262 e. The van der Waals surface area contributed by atoms with Gasteiger partial charge in [-0.1, -0.05) is 35.9 Å². The molecule has 71 heavy (non-hydrogen) atoms. The normalized spacial score (nSPS) is 17.9. The molecule has 3 fully saturated rings. The Labute approximate surface area is 414 Å². The van der Waals surface area contributed by atoms with Gasteiger partial charge in [-0.15, -0.1) is 0 Å². The molecule has 4 aromatic carbocycles. The standard InChI is InChI=1S/C51H52ClFN11O6P/c1-60-29-31(27-55-60)36-25-41(57-51-54-28-38(52)47(59-51)56-40-12-9-30(23-45(40)71(3,4)69)34-7-5-6-8-39(34)53)44(70-2)26-43(36)63-21-19-62(20-22-63)32-15-17-61(18-16-32)33-10-11-35-37(24-33)50(68)64(49(35)67)42-13-14-46(65)58-48(42)66/h5-12,23-29,32,42H,13-22H2,1-4H3,(H,58,65,66)(H2,54,56,57,59). The summed E-state index contributed by atoms with van der Waals surface area (Å²) >= 11 is 6.67. The summed E-state index contributed by atoms with van der Waals surface area (Å²) in [6, 6.07) is 20.4. The quantitative estimate of drug-likeness (QED) is 0.0821. The van der Waals surface area contributed by atoms with Crippen molar-refractivity contribution in [3.63, 3.8) is 0 Å². The predicted octanol–water partition coefficient (Wildman–Crippen LogP) is 7.27. The summed E-state index contributed by atoms with van der Waals surface area (Å²) in [5.74, 6) is -1.34. The van der Waals surface area contributed by atoms with E-state index < -0.39 is 36.8 Å². The van der Waals surface area contributed by atoms with Crippen LogP contribution in [0.4, 0.5) is 38.9 Å². The third-order valence-electron chi connectivity index (χ3n) is 13.8. The molecule has 4 amide bonds. The fourth-order valence-electron chi connectivity index (χ4n) is 10.1. The second-order valence-electron chi connectivity index (χ2n) is 18.6. The number of anilines is 6. The third-order valence-corrected chi connectivity index (χ3v) is 15.6. The number of piperidine rings is 2. The smallest absolute Gasteiger partial charge is 0.262 e. The number of fused-ring (bicyclic) bond motifs is 1. The van der Waals surface area contributed by atoms with Gasteiger partial charge in [0.05, 0.1) is 42.0 Å². The first kappa shape index (κ1) is 47.5. The number of piperazine rings is 1. The Kier molecular flexibility index (Phi) is 12.9. The molecule has 6 aromatic rings. The first-order valence-electron chi connectivity index (χ1n) is 23.4. The van der Waals surface area contributed by atoms with Gasteiger partial charge in [0.2, 0.25) is 17.8 Å². The minimum Gasteiger partial charge on any atom is -0.494 e. The summed E-state index contributed by atoms with van der Waals surface area (Å²) < 4.78 is 36.2. The van der Waals surface area contributed by atoms with Gasteiger partial charge in [-0.25, -0.2) is 9.37 Å². The molecule has 3 N–H and O–H groups in total. The van der Waals surface area contributed by atoms with Crippen LogP contribution in [0.3, 0.4) is 0 Å². The number of rotatable bonds is 12. The molecule has 4 aliphatic rings. The lowest BCUT2D eigenvalue weighted by atomic mass is 10.00. The monoisotopic (exact) mass is 999 g/mol. The highest BCUT2D eigenvalue weighted by Gasteiger charge is 2.45. The number of ether oxygens (including phenoxy) is 1. The number of amides is 4. The van der Waals surface area contributed by atoms with E-state index in [4.69, 9.17) is 21.3 Å². The Morgan fingerprint density at radius 2 is 1.55 bits per heavy atom. The number of hydrogen-bond donors (Lipinski definition) is 3. The fourth-order valence-corrected chi connectivity index (χ4v) is 11.4. The maximum atomic E-state index is 14.8. The topological polar surface area (TPSA) is 187 Å². The molecule has 2 aromatic heterocycles. The van der Waals surface area contributed by atoms with Crippen molar-refractivity contribution < 1.29 is 32.9 Å². The second-order valence-corrected chi connectivity index (χ2v) is 22.2. The number of carbonyl (C=O) groups is 4. The summed E-state index contributed by atoms with van der Waals surface area (Å²) in [4.78, 5) is 68.5. The van der Waals surface area contributed by atoms with E-state index in [9.17, 15) is 28.1 Å². The number of halogens is 2. The van der Waals surface area contributed by atoms with Crippen molar-refractivity contribution in [1.29, 1.82) is 0 Å². The molecule has 4 aliphatic heterocycles. The van der Waals surface area contributed by atoms with Gasteiger partial charge in [0.15, 0.2) is 5.82 Å². The van der Waals surface area contributed by atoms with Crippen molar-refractivity contribution in [3.8, 4) is 28.0 Å². The zero-order chi connectivity index (χ0) is 49.7. The molecule has 10 rings (SSSR count). The largest absolute Gasteiger partial charge is 0.494 e. The van der Waals surface area contributed by atoms with E-state index in [-0.39, 0.29) is 46.6 Å². The zero-order valence-electron chi connectivity index (χ0n) is 39.6. The number of methoxy groups -OCH3 is 1. The van der Waals surface area contributed by atoms with Gasteiger partial charge in [-0.2, -0.15) is 10.1 Å². The molecule has 0 spiro atoms. The van der Waals surface area contributed by atoms with E-state index in [1.165, 1.54) is 12.3 Å². The number of imide groups is 2. The molecule has 0 radical (unpaired) electrons. The van der Waals surface area contributed by atoms with E-state index in [1.54, 1.807) is 73.7 Å². The number of hydrogen-bond acceptors (Lipinski definition) is 14. The molecule has 17 nitrogen and oxygen atoms in total. The molecule has 20 heteroatoms. The van der Waals surface area contributed by atoms with Crippen molar-refractivity contribution in [2.75, 3.05) is 80.1 Å². The third kappa shape index (κ3) is 9.46. The number of aryl methyl sites for hydroxylation is 1. The summed E-state index contributed by atoms with van der Waals surface area (Å²) in [6.07, 6.45) is 7.31. The van der Waals surface area contributed by atoms with E-state index >= 15 is 0 Å². The number of carbonyl (C=O) groups excluding carboxylic acids is 4. The Balaban J connectivity index is 0.822. The zero-order valence-corrected chi connectivity index (χ0v) is 41.3. The van der Waals surface area contributed by atoms with Crippen LogP contribution in [-0.4, -0.2) is 125 Å². The van der Waals surface area contributed by atoms with Crippen LogP contribution in [0.25, 0.3) is 22.3 Å². The van der Waals surface area contributed by atoms with E-state index in [2.05, 4.69) is 40.7 Å². The maximum absolute atomic E-state index is 14.8. The lowest BCUT2D eigenvalue weighted by Gasteiger charge is -2.44. The minimum absolute atomic E-state index is 0.0712. The number of nitrogens with one attached hydrogen (secondary N) is 3. The predicted molar refractivity (Wildman–Crippen MR) is 272 cm³/mol. The molecule has 0 bridgehead atoms. The van der Waals surface area contributed by atoms with Crippen LogP contribution in [-0.2, 0) is 21.2 Å². The van der Waals surface area contributed by atoms with Gasteiger partial charge in [0.25, 0.3) is 11.8 Å². The Morgan fingerprint density at radius 3 is 2.25 bits per heavy atom. The van der Waals surface area contributed by atoms with Crippen molar-refractivity contribution in [2.24, 2.45) is 7.05 Å². The first-order valence-corrected chi connectivity index (χ1v) is 26.4. The molecular formula is C51H52ClFN11O6P. The summed E-state index contributed by atoms with van der Waals surface area (Å²) in [5.41, 5.74) is 6.39. The lowest BCUT2D eigenvalue weighted by Crippen LogP contribution is -2.54. The average molecular weight is 1000 g/mol. The highest BCUT2D eigenvalue weighted by molar-refractivity contribution is 7.70. The van der Waals surface area contributed by atoms with Gasteiger partial charge in [0.1, 0.15) is 29.8 Å². The molecule has 3 saturated heterocycles. The van der Waals surface area contributed by atoms with E-state index in [1.807, 2.05) is 37.6 Å². The fraction of sp³-hybridized carbons (Fsp3) is 0.314. The van der Waals surface area contributed by atoms with Crippen molar-refractivity contribution in [2.45, 2.75) is 37.8 Å².